The highest BCUT2D eigenvalue weighted by atomic mass is 31.2. The van der Waals surface area contributed by atoms with Crippen molar-refractivity contribution in [2.24, 2.45) is 0 Å². The fourth-order valence-electron chi connectivity index (χ4n) is 2.62. The summed E-state index contributed by atoms with van der Waals surface area (Å²) in [5, 5.41) is 0. The molecule has 0 rings (SSSR count). The third-order valence-electron chi connectivity index (χ3n) is 4.40. The van der Waals surface area contributed by atoms with Gasteiger partial charge in [-0.05, 0) is 56.8 Å². The Morgan fingerprint density at radius 3 is 1.07 bits per heavy atom. The number of unbranched alkanes of at least 4 members (excludes halogenated alkanes) is 12. The Morgan fingerprint density at radius 1 is 0.464 bits per heavy atom. The van der Waals surface area contributed by atoms with E-state index in [4.69, 9.17) is 13.6 Å². The molecule has 0 unspecified atom stereocenters. The first-order chi connectivity index (χ1) is 13.8. The zero-order valence-corrected chi connectivity index (χ0v) is 19.6. The lowest BCUT2D eigenvalue weighted by Crippen LogP contribution is -1.83. The van der Waals surface area contributed by atoms with Crippen molar-refractivity contribution in [2.75, 3.05) is 0 Å². The van der Waals surface area contributed by atoms with E-state index in [1.807, 2.05) is 0 Å². The van der Waals surface area contributed by atoms with E-state index >= 15 is 0 Å². The minimum atomic E-state index is -1.40. The van der Waals surface area contributed by atoms with Crippen molar-refractivity contribution in [3.63, 3.8) is 0 Å². The standard InChI is InChI=1S/C24H45O3P/c1-4-7-10-13-16-19-22-25-28(26-23-20-17-14-11-8-5-2)27-24-21-18-15-12-9-6-3/h19-24H,4-18H2,1-3H3/b22-19+,23-20+,24-21+. The van der Waals surface area contributed by atoms with Crippen LogP contribution in [-0.2, 0) is 13.6 Å². The molecule has 164 valence electrons. The zero-order chi connectivity index (χ0) is 20.5. The first-order valence-corrected chi connectivity index (χ1v) is 12.7. The second kappa shape index (κ2) is 24.1. The molecule has 0 aromatic rings. The van der Waals surface area contributed by atoms with Crippen molar-refractivity contribution >= 4 is 8.60 Å². The molecule has 0 aromatic carbocycles. The van der Waals surface area contributed by atoms with Crippen LogP contribution in [0.1, 0.15) is 117 Å². The summed E-state index contributed by atoms with van der Waals surface area (Å²) >= 11 is 0. The molecule has 0 aromatic heterocycles. The van der Waals surface area contributed by atoms with Gasteiger partial charge in [-0.25, -0.2) is 0 Å². The largest absolute Gasteiger partial charge is 0.528 e. The summed E-state index contributed by atoms with van der Waals surface area (Å²) in [7, 11) is -1.40. The molecule has 3 nitrogen and oxygen atoms in total. The van der Waals surface area contributed by atoms with Crippen molar-refractivity contribution in [1.29, 1.82) is 0 Å². The van der Waals surface area contributed by atoms with Crippen LogP contribution >= 0.6 is 8.60 Å². The minimum absolute atomic E-state index is 1.05. The SMILES string of the molecule is CCCCCC/C=C/OP(O/C=C/CCCCCC)O/C=C/CCCCCC. The van der Waals surface area contributed by atoms with Crippen molar-refractivity contribution in [1.82, 2.24) is 0 Å². The number of allylic oxidation sites excluding steroid dienone is 3. The highest BCUT2D eigenvalue weighted by Crippen LogP contribution is 2.40. The number of hydrogen-bond donors (Lipinski definition) is 0. The Morgan fingerprint density at radius 2 is 0.786 bits per heavy atom. The van der Waals surface area contributed by atoms with E-state index in [2.05, 4.69) is 39.0 Å². The van der Waals surface area contributed by atoms with E-state index in [0.717, 1.165) is 19.3 Å². The van der Waals surface area contributed by atoms with Gasteiger partial charge >= 0.3 is 8.60 Å². The molecule has 0 fully saturated rings. The first kappa shape index (κ1) is 27.0. The molecule has 0 heterocycles. The smallest absolute Gasteiger partial charge is 0.417 e. The van der Waals surface area contributed by atoms with E-state index in [1.54, 1.807) is 18.8 Å². The van der Waals surface area contributed by atoms with Crippen LogP contribution in [0.3, 0.4) is 0 Å². The van der Waals surface area contributed by atoms with Crippen LogP contribution in [0.4, 0.5) is 0 Å². The van der Waals surface area contributed by atoms with Gasteiger partial charge in [0.15, 0.2) is 0 Å². The van der Waals surface area contributed by atoms with E-state index in [1.165, 1.54) is 77.0 Å². The molecular formula is C24H45O3P. The van der Waals surface area contributed by atoms with E-state index in [0.29, 0.717) is 0 Å². The molecule has 0 atom stereocenters. The maximum atomic E-state index is 5.68. The highest BCUT2D eigenvalue weighted by molar-refractivity contribution is 7.42. The molecule has 4 heteroatoms. The molecule has 0 saturated heterocycles. The van der Waals surface area contributed by atoms with Gasteiger partial charge < -0.3 is 13.6 Å². The lowest BCUT2D eigenvalue weighted by molar-refractivity contribution is 0.302. The van der Waals surface area contributed by atoms with E-state index in [-0.39, 0.29) is 0 Å². The Hall–Kier alpha value is -0.950. The molecule has 0 bridgehead atoms. The fraction of sp³-hybridized carbons (Fsp3) is 0.750. The lowest BCUT2D eigenvalue weighted by atomic mass is 10.2. The van der Waals surface area contributed by atoms with Gasteiger partial charge in [0.1, 0.15) is 0 Å². The summed E-state index contributed by atoms with van der Waals surface area (Å²) < 4.78 is 17.0. The topological polar surface area (TPSA) is 27.7 Å². The van der Waals surface area contributed by atoms with E-state index < -0.39 is 8.60 Å². The van der Waals surface area contributed by atoms with Crippen LogP contribution in [0.25, 0.3) is 0 Å². The van der Waals surface area contributed by atoms with Crippen molar-refractivity contribution < 1.29 is 13.6 Å². The third-order valence-corrected chi connectivity index (χ3v) is 5.28. The van der Waals surface area contributed by atoms with Gasteiger partial charge in [-0.1, -0.05) is 78.6 Å². The van der Waals surface area contributed by atoms with Crippen LogP contribution < -0.4 is 0 Å². The van der Waals surface area contributed by atoms with Crippen LogP contribution in [-0.4, -0.2) is 0 Å². The molecule has 0 saturated carbocycles. The molecule has 0 N–H and O–H groups in total. The molecule has 0 radical (unpaired) electrons. The second-order valence-corrected chi connectivity index (χ2v) is 8.28. The van der Waals surface area contributed by atoms with Crippen molar-refractivity contribution in [3.05, 3.63) is 37.0 Å². The quantitative estimate of drug-likeness (QED) is 0.107. The molecule has 0 spiro atoms. The monoisotopic (exact) mass is 412 g/mol. The van der Waals surface area contributed by atoms with Gasteiger partial charge in [0.05, 0.1) is 18.8 Å². The van der Waals surface area contributed by atoms with Crippen molar-refractivity contribution in [3.8, 4) is 0 Å². The molecule has 0 aliphatic heterocycles. The van der Waals surface area contributed by atoms with Gasteiger partial charge in [0, 0.05) is 0 Å². The maximum absolute atomic E-state index is 5.68. The Balaban J connectivity index is 4.12. The number of rotatable bonds is 21. The molecular weight excluding hydrogens is 367 g/mol. The molecule has 0 aliphatic rings. The average Bonchev–Trinajstić information content (AvgIpc) is 2.71. The van der Waals surface area contributed by atoms with Crippen LogP contribution in [0.5, 0.6) is 0 Å². The molecule has 28 heavy (non-hydrogen) atoms. The predicted molar refractivity (Wildman–Crippen MR) is 124 cm³/mol. The van der Waals surface area contributed by atoms with E-state index in [9.17, 15) is 0 Å². The zero-order valence-electron chi connectivity index (χ0n) is 18.7. The molecule has 0 amide bonds. The summed E-state index contributed by atoms with van der Waals surface area (Å²) in [5.74, 6) is 0. The summed E-state index contributed by atoms with van der Waals surface area (Å²) in [6.45, 7) is 6.69. The van der Waals surface area contributed by atoms with Gasteiger partial charge in [-0.3, -0.25) is 0 Å². The Bertz CT molecular complexity index is 323. The van der Waals surface area contributed by atoms with Gasteiger partial charge in [0.2, 0.25) is 0 Å². The Kier molecular flexibility index (Phi) is 23.3. The van der Waals surface area contributed by atoms with Gasteiger partial charge in [-0.2, -0.15) is 0 Å². The normalized spacial score (nSPS) is 12.0. The first-order valence-electron chi connectivity index (χ1n) is 11.6. The van der Waals surface area contributed by atoms with Crippen LogP contribution in [0, 0.1) is 0 Å². The maximum Gasteiger partial charge on any atom is 0.528 e. The third kappa shape index (κ3) is 21.4. The summed E-state index contributed by atoms with van der Waals surface area (Å²) in [5.41, 5.74) is 0. The van der Waals surface area contributed by atoms with Gasteiger partial charge in [0.25, 0.3) is 0 Å². The molecule has 0 aliphatic carbocycles. The van der Waals surface area contributed by atoms with Gasteiger partial charge in [-0.15, -0.1) is 0 Å². The second-order valence-electron chi connectivity index (χ2n) is 7.20. The minimum Gasteiger partial charge on any atom is -0.417 e. The summed E-state index contributed by atoms with van der Waals surface area (Å²) in [6.07, 6.45) is 29.8. The number of hydrogen-bond acceptors (Lipinski definition) is 3. The highest BCUT2D eigenvalue weighted by Gasteiger charge is 2.10. The van der Waals surface area contributed by atoms with Crippen LogP contribution in [0.15, 0.2) is 37.0 Å². The predicted octanol–water partition coefficient (Wildman–Crippen LogP) is 9.72. The lowest BCUT2D eigenvalue weighted by Gasteiger charge is -2.11. The van der Waals surface area contributed by atoms with Crippen molar-refractivity contribution in [2.45, 2.75) is 117 Å². The Labute approximate surface area is 176 Å². The summed E-state index contributed by atoms with van der Waals surface area (Å²) in [6, 6.07) is 0. The summed E-state index contributed by atoms with van der Waals surface area (Å²) in [4.78, 5) is 0. The fourth-order valence-corrected chi connectivity index (χ4v) is 3.33. The van der Waals surface area contributed by atoms with Crippen LogP contribution in [0.2, 0.25) is 0 Å². The average molecular weight is 413 g/mol.